The van der Waals surface area contributed by atoms with Gasteiger partial charge in [-0.3, -0.25) is 4.79 Å². The van der Waals surface area contributed by atoms with Crippen molar-refractivity contribution in [1.82, 2.24) is 9.97 Å². The van der Waals surface area contributed by atoms with E-state index in [9.17, 15) is 4.79 Å². The Balaban J connectivity index is 1.36. The van der Waals surface area contributed by atoms with Crippen LogP contribution in [0.5, 0.6) is 0 Å². The third kappa shape index (κ3) is 4.15. The Morgan fingerprint density at radius 1 is 0.774 bits per heavy atom. The molecule has 3 aromatic carbocycles. The van der Waals surface area contributed by atoms with Gasteiger partial charge in [0.05, 0.1) is 11.1 Å². The normalized spacial score (nSPS) is 11.0. The molecule has 0 N–H and O–H groups in total. The number of thioether (sulfide) groups is 1. The Kier molecular flexibility index (Phi) is 5.61. The number of carbonyl (C=O) groups is 1. The molecular weight excluding hydrogens is 420 g/mol. The van der Waals surface area contributed by atoms with E-state index in [1.54, 1.807) is 17.7 Å². The van der Waals surface area contributed by atoms with Crippen LogP contribution in [0.1, 0.15) is 10.4 Å². The summed E-state index contributed by atoms with van der Waals surface area (Å²) in [6.07, 6.45) is 1.58. The summed E-state index contributed by atoms with van der Waals surface area (Å²) < 4.78 is 0. The highest BCUT2D eigenvalue weighted by atomic mass is 32.2. The highest BCUT2D eigenvalue weighted by Gasteiger charge is 2.15. The first-order valence-electron chi connectivity index (χ1n) is 9.89. The summed E-state index contributed by atoms with van der Waals surface area (Å²) in [6.45, 7) is 0. The summed E-state index contributed by atoms with van der Waals surface area (Å²) in [5, 5.41) is 3.98. The fourth-order valence-electron chi connectivity index (χ4n) is 3.48. The Labute approximate surface area is 188 Å². The predicted octanol–water partition coefficient (Wildman–Crippen LogP) is 7.00. The first-order chi connectivity index (χ1) is 15.3. The molecule has 2 aromatic heterocycles. The van der Waals surface area contributed by atoms with Crippen molar-refractivity contribution in [2.24, 2.45) is 0 Å². The van der Waals surface area contributed by atoms with Crippen molar-refractivity contribution < 1.29 is 4.79 Å². The Morgan fingerprint density at radius 3 is 2.13 bits per heavy atom. The van der Waals surface area contributed by atoms with Gasteiger partial charge in [-0.05, 0) is 16.7 Å². The first kappa shape index (κ1) is 19.7. The summed E-state index contributed by atoms with van der Waals surface area (Å²) >= 11 is 3.08. The lowest BCUT2D eigenvalue weighted by atomic mass is 10.0. The molecule has 5 aromatic rings. The third-order valence-corrected chi connectivity index (χ3v) is 6.95. The molecule has 3 nitrogen and oxygen atoms in total. The molecule has 0 fully saturated rings. The minimum Gasteiger partial charge on any atom is -0.293 e. The van der Waals surface area contributed by atoms with Gasteiger partial charge in [0.2, 0.25) is 0 Å². The maximum Gasteiger partial charge on any atom is 0.173 e. The van der Waals surface area contributed by atoms with E-state index < -0.39 is 0 Å². The highest BCUT2D eigenvalue weighted by Crippen LogP contribution is 2.37. The first-order valence-corrected chi connectivity index (χ1v) is 11.8. The summed E-state index contributed by atoms with van der Waals surface area (Å²) in [4.78, 5) is 22.7. The van der Waals surface area contributed by atoms with Crippen molar-refractivity contribution in [2.45, 2.75) is 5.03 Å². The molecule has 0 unspecified atom stereocenters. The number of thiophene rings is 1. The lowest BCUT2D eigenvalue weighted by Crippen LogP contribution is -2.02. The quantitative estimate of drug-likeness (QED) is 0.163. The van der Waals surface area contributed by atoms with Crippen LogP contribution in [0.25, 0.3) is 32.5 Å². The molecule has 0 aliphatic rings. The molecule has 31 heavy (non-hydrogen) atoms. The molecule has 0 bridgehead atoms. The van der Waals surface area contributed by atoms with Gasteiger partial charge in [-0.1, -0.05) is 96.7 Å². The number of aromatic nitrogens is 2. The number of hydrogen-bond donors (Lipinski definition) is 0. The maximum atomic E-state index is 12.8. The Bertz CT molecular complexity index is 1330. The average molecular weight is 439 g/mol. The molecule has 5 rings (SSSR count). The van der Waals surface area contributed by atoms with E-state index >= 15 is 0 Å². The van der Waals surface area contributed by atoms with Crippen molar-refractivity contribution in [3.8, 4) is 22.3 Å². The van der Waals surface area contributed by atoms with Gasteiger partial charge in [0.25, 0.3) is 0 Å². The average Bonchev–Trinajstić information content (AvgIpc) is 3.29. The standard InChI is InChI=1S/C26H18N2OS2/c29-23(21-13-11-19(12-14-21)18-7-3-1-4-8-18)16-31-26-24-22(20-9-5-2-6-10-20)15-30-25(24)27-17-28-26/h1-15,17H,16H2. The van der Waals surface area contributed by atoms with Gasteiger partial charge >= 0.3 is 0 Å². The molecule has 5 heteroatoms. The fourth-order valence-corrected chi connectivity index (χ4v) is 5.37. The van der Waals surface area contributed by atoms with E-state index in [1.807, 2.05) is 60.7 Å². The summed E-state index contributed by atoms with van der Waals surface area (Å²) in [5.41, 5.74) is 5.21. The topological polar surface area (TPSA) is 42.9 Å². The number of benzene rings is 3. The van der Waals surface area contributed by atoms with E-state index in [0.29, 0.717) is 11.3 Å². The predicted molar refractivity (Wildman–Crippen MR) is 130 cm³/mol. The second-order valence-corrected chi connectivity index (χ2v) is 8.85. The minimum atomic E-state index is 0.0906. The van der Waals surface area contributed by atoms with Crippen LogP contribution < -0.4 is 0 Å². The van der Waals surface area contributed by atoms with Crippen molar-refractivity contribution >= 4 is 39.1 Å². The van der Waals surface area contributed by atoms with E-state index in [-0.39, 0.29) is 5.78 Å². The molecule has 0 aliphatic carbocycles. The Hall–Kier alpha value is -3.28. The third-order valence-electron chi connectivity index (χ3n) is 5.07. The monoisotopic (exact) mass is 438 g/mol. The van der Waals surface area contributed by atoms with Gasteiger partial charge in [0.1, 0.15) is 16.2 Å². The lowest BCUT2D eigenvalue weighted by molar-refractivity contribution is 0.102. The van der Waals surface area contributed by atoms with Crippen LogP contribution in [-0.2, 0) is 0 Å². The number of nitrogens with zero attached hydrogens (tertiary/aromatic N) is 2. The molecule has 150 valence electrons. The van der Waals surface area contributed by atoms with Gasteiger partial charge < -0.3 is 0 Å². The number of carbonyl (C=O) groups excluding carboxylic acids is 1. The number of ketones is 1. The zero-order valence-corrected chi connectivity index (χ0v) is 18.2. The molecule has 0 aliphatic heterocycles. The summed E-state index contributed by atoms with van der Waals surface area (Å²) in [6, 6.07) is 28.2. The molecule has 0 atom stereocenters. The smallest absolute Gasteiger partial charge is 0.173 e. The van der Waals surface area contributed by atoms with Gasteiger partial charge in [0, 0.05) is 16.5 Å². The minimum absolute atomic E-state index is 0.0906. The maximum absolute atomic E-state index is 12.8. The molecule has 0 amide bonds. The zero-order chi connectivity index (χ0) is 21.0. The molecular formula is C26H18N2OS2. The van der Waals surface area contributed by atoms with Crippen LogP contribution in [0.3, 0.4) is 0 Å². The number of Topliss-reactive ketones (excluding diaryl/α,β-unsaturated/α-hetero) is 1. The second kappa shape index (κ2) is 8.84. The van der Waals surface area contributed by atoms with Gasteiger partial charge in [-0.2, -0.15) is 0 Å². The van der Waals surface area contributed by atoms with Gasteiger partial charge in [-0.15, -0.1) is 11.3 Å². The Morgan fingerprint density at radius 2 is 1.42 bits per heavy atom. The van der Waals surface area contributed by atoms with Gasteiger partial charge in [0.15, 0.2) is 5.78 Å². The van der Waals surface area contributed by atoms with E-state index in [2.05, 4.69) is 39.6 Å². The molecule has 0 radical (unpaired) electrons. The lowest BCUT2D eigenvalue weighted by Gasteiger charge is -2.06. The number of fused-ring (bicyclic) bond motifs is 1. The molecule has 0 saturated heterocycles. The molecule has 0 saturated carbocycles. The largest absolute Gasteiger partial charge is 0.293 e. The van der Waals surface area contributed by atoms with E-state index in [0.717, 1.165) is 37.5 Å². The zero-order valence-electron chi connectivity index (χ0n) is 16.6. The van der Waals surface area contributed by atoms with Crippen LogP contribution in [0.4, 0.5) is 0 Å². The van der Waals surface area contributed by atoms with Crippen LogP contribution in [0.15, 0.2) is 102 Å². The number of rotatable bonds is 6. The van der Waals surface area contributed by atoms with Crippen LogP contribution in [-0.4, -0.2) is 21.5 Å². The fraction of sp³-hybridized carbons (Fsp3) is 0.0385. The molecule has 2 heterocycles. The van der Waals surface area contributed by atoms with Crippen molar-refractivity contribution in [2.75, 3.05) is 5.75 Å². The van der Waals surface area contributed by atoms with E-state index in [1.165, 1.54) is 11.8 Å². The second-order valence-electron chi connectivity index (χ2n) is 7.03. The number of hydrogen-bond acceptors (Lipinski definition) is 5. The highest BCUT2D eigenvalue weighted by molar-refractivity contribution is 8.00. The van der Waals surface area contributed by atoms with Crippen molar-refractivity contribution in [3.05, 3.63) is 102 Å². The van der Waals surface area contributed by atoms with Crippen LogP contribution >= 0.6 is 23.1 Å². The molecule has 0 spiro atoms. The summed E-state index contributed by atoms with van der Waals surface area (Å²) in [5.74, 6) is 0.425. The summed E-state index contributed by atoms with van der Waals surface area (Å²) in [7, 11) is 0. The van der Waals surface area contributed by atoms with Crippen LogP contribution in [0, 0.1) is 0 Å². The van der Waals surface area contributed by atoms with Crippen molar-refractivity contribution in [3.63, 3.8) is 0 Å². The van der Waals surface area contributed by atoms with Crippen molar-refractivity contribution in [1.29, 1.82) is 0 Å². The van der Waals surface area contributed by atoms with Crippen LogP contribution in [0.2, 0.25) is 0 Å². The van der Waals surface area contributed by atoms with Gasteiger partial charge in [-0.25, -0.2) is 9.97 Å². The van der Waals surface area contributed by atoms with E-state index in [4.69, 9.17) is 0 Å². The SMILES string of the molecule is O=C(CSc1ncnc2scc(-c3ccccc3)c12)c1ccc(-c2ccccc2)cc1.